The minimum absolute atomic E-state index is 0.00720. The zero-order valence-electron chi connectivity index (χ0n) is 7.84. The topological polar surface area (TPSA) is 55.1 Å². The monoisotopic (exact) mass is 244 g/mol. The van der Waals surface area contributed by atoms with Crippen LogP contribution in [0.15, 0.2) is 18.2 Å². The number of amides is 1. The molecule has 1 aromatic carbocycles. The van der Waals surface area contributed by atoms with Gasteiger partial charge in [0.25, 0.3) is 0 Å². The van der Waals surface area contributed by atoms with Gasteiger partial charge in [0.1, 0.15) is 0 Å². The Labute approximate surface area is 97.5 Å². The minimum Gasteiger partial charge on any atom is -0.327 e. The van der Waals surface area contributed by atoms with Crippen molar-refractivity contribution in [3.05, 3.63) is 28.2 Å². The van der Waals surface area contributed by atoms with Crippen molar-refractivity contribution in [2.75, 3.05) is 5.32 Å². The highest BCUT2D eigenvalue weighted by atomic mass is 35.5. The van der Waals surface area contributed by atoms with Crippen molar-refractivity contribution in [3.8, 4) is 0 Å². The molecule has 3 N–H and O–H groups in total. The first kappa shape index (κ1) is 10.7. The molecule has 0 aliphatic heterocycles. The molecular weight excluding hydrogens is 235 g/mol. The van der Waals surface area contributed by atoms with Gasteiger partial charge < -0.3 is 11.1 Å². The molecule has 1 saturated carbocycles. The molecule has 1 aliphatic rings. The lowest BCUT2D eigenvalue weighted by Crippen LogP contribution is -2.18. The van der Waals surface area contributed by atoms with Gasteiger partial charge in [0.15, 0.2) is 0 Å². The predicted octanol–water partition coefficient (Wildman–Crippen LogP) is 2.28. The Morgan fingerprint density at radius 3 is 2.60 bits per heavy atom. The van der Waals surface area contributed by atoms with E-state index in [-0.39, 0.29) is 17.9 Å². The molecule has 0 spiro atoms. The Kier molecular flexibility index (Phi) is 2.87. The van der Waals surface area contributed by atoms with Crippen molar-refractivity contribution in [1.82, 2.24) is 0 Å². The summed E-state index contributed by atoms with van der Waals surface area (Å²) in [5.41, 5.74) is 6.21. The van der Waals surface area contributed by atoms with Gasteiger partial charge >= 0.3 is 0 Å². The first-order valence-corrected chi connectivity index (χ1v) is 5.35. The number of carbonyl (C=O) groups is 1. The highest BCUT2D eigenvalue weighted by Crippen LogP contribution is 2.30. The summed E-state index contributed by atoms with van der Waals surface area (Å²) in [4.78, 5) is 11.5. The van der Waals surface area contributed by atoms with Crippen LogP contribution in [-0.2, 0) is 4.79 Å². The van der Waals surface area contributed by atoms with Crippen LogP contribution in [0.4, 0.5) is 5.69 Å². The van der Waals surface area contributed by atoms with Crippen molar-refractivity contribution >= 4 is 34.8 Å². The summed E-state index contributed by atoms with van der Waals surface area (Å²) in [6.45, 7) is 0. The predicted molar refractivity (Wildman–Crippen MR) is 61.2 cm³/mol. The van der Waals surface area contributed by atoms with E-state index < -0.39 is 0 Å². The summed E-state index contributed by atoms with van der Waals surface area (Å²) >= 11 is 11.6. The van der Waals surface area contributed by atoms with Gasteiger partial charge in [-0.15, -0.1) is 0 Å². The summed E-state index contributed by atoms with van der Waals surface area (Å²) in [5, 5.41) is 3.64. The van der Waals surface area contributed by atoms with Crippen LogP contribution in [0.25, 0.3) is 0 Å². The Morgan fingerprint density at radius 2 is 2.07 bits per heavy atom. The largest absolute Gasteiger partial charge is 0.327 e. The highest BCUT2D eigenvalue weighted by Gasteiger charge is 2.39. The SMILES string of the molecule is NC1CC1C(=O)Nc1ccc(Cl)c(Cl)c1. The summed E-state index contributed by atoms with van der Waals surface area (Å²) < 4.78 is 0. The molecular formula is C10H10Cl2N2O. The molecule has 1 amide bonds. The molecule has 1 aliphatic carbocycles. The van der Waals surface area contributed by atoms with Crippen LogP contribution in [0.5, 0.6) is 0 Å². The van der Waals surface area contributed by atoms with E-state index in [0.29, 0.717) is 15.7 Å². The summed E-state index contributed by atoms with van der Waals surface area (Å²) in [6.07, 6.45) is 0.757. The zero-order valence-corrected chi connectivity index (χ0v) is 9.35. The maximum Gasteiger partial charge on any atom is 0.229 e. The molecule has 1 aromatic rings. The number of hydrogen-bond donors (Lipinski definition) is 2. The van der Waals surface area contributed by atoms with Crippen LogP contribution in [-0.4, -0.2) is 11.9 Å². The van der Waals surface area contributed by atoms with Gasteiger partial charge in [0.05, 0.1) is 16.0 Å². The summed E-state index contributed by atoms with van der Waals surface area (Å²) in [6, 6.07) is 4.98. The number of halogens is 2. The third-order valence-electron chi connectivity index (χ3n) is 2.36. The standard InChI is InChI=1S/C10H10Cl2N2O/c11-7-2-1-5(3-8(7)12)14-10(15)6-4-9(6)13/h1-3,6,9H,4,13H2,(H,14,15). The van der Waals surface area contributed by atoms with Gasteiger partial charge in [-0.05, 0) is 24.6 Å². The molecule has 5 heteroatoms. The molecule has 2 rings (SSSR count). The van der Waals surface area contributed by atoms with Crippen LogP contribution in [0.1, 0.15) is 6.42 Å². The molecule has 3 nitrogen and oxygen atoms in total. The van der Waals surface area contributed by atoms with Gasteiger partial charge in [-0.25, -0.2) is 0 Å². The minimum atomic E-state index is -0.0561. The molecule has 80 valence electrons. The number of nitrogens with two attached hydrogens (primary N) is 1. The van der Waals surface area contributed by atoms with E-state index in [9.17, 15) is 4.79 Å². The van der Waals surface area contributed by atoms with Crippen LogP contribution in [0, 0.1) is 5.92 Å². The fraction of sp³-hybridized carbons (Fsp3) is 0.300. The fourth-order valence-corrected chi connectivity index (χ4v) is 1.62. The maximum absolute atomic E-state index is 11.5. The van der Waals surface area contributed by atoms with E-state index >= 15 is 0 Å². The number of carbonyl (C=O) groups excluding carboxylic acids is 1. The second-order valence-corrected chi connectivity index (χ2v) is 4.44. The van der Waals surface area contributed by atoms with E-state index in [4.69, 9.17) is 28.9 Å². The number of anilines is 1. The number of benzene rings is 1. The second kappa shape index (κ2) is 4.00. The van der Waals surface area contributed by atoms with Gasteiger partial charge in [0.2, 0.25) is 5.91 Å². The molecule has 1 fully saturated rings. The first-order chi connectivity index (χ1) is 7.08. The van der Waals surface area contributed by atoms with Crippen molar-refractivity contribution < 1.29 is 4.79 Å². The van der Waals surface area contributed by atoms with Crippen molar-refractivity contribution in [2.24, 2.45) is 11.7 Å². The molecule has 0 aromatic heterocycles. The Balaban J connectivity index is 2.04. The first-order valence-electron chi connectivity index (χ1n) is 4.59. The lowest BCUT2D eigenvalue weighted by Gasteiger charge is -2.05. The third kappa shape index (κ3) is 2.43. The molecule has 0 heterocycles. The maximum atomic E-state index is 11.5. The van der Waals surface area contributed by atoms with Crippen LogP contribution >= 0.6 is 23.2 Å². The van der Waals surface area contributed by atoms with E-state index in [0.717, 1.165) is 6.42 Å². The lowest BCUT2D eigenvalue weighted by atomic mass is 10.3. The second-order valence-electron chi connectivity index (χ2n) is 3.62. The normalized spacial score (nSPS) is 23.7. The number of nitrogens with one attached hydrogen (secondary N) is 1. The molecule has 0 radical (unpaired) electrons. The van der Waals surface area contributed by atoms with Gasteiger partial charge in [-0.1, -0.05) is 23.2 Å². The Hall–Kier alpha value is -0.770. The zero-order chi connectivity index (χ0) is 11.0. The van der Waals surface area contributed by atoms with E-state index in [1.807, 2.05) is 0 Å². The van der Waals surface area contributed by atoms with Crippen molar-refractivity contribution in [2.45, 2.75) is 12.5 Å². The fourth-order valence-electron chi connectivity index (χ4n) is 1.32. The third-order valence-corrected chi connectivity index (χ3v) is 3.10. The average Bonchev–Trinajstić information content (AvgIpc) is 2.89. The summed E-state index contributed by atoms with van der Waals surface area (Å²) in [7, 11) is 0. The van der Waals surface area contributed by atoms with Crippen LogP contribution in [0.3, 0.4) is 0 Å². The van der Waals surface area contributed by atoms with Gasteiger partial charge in [0, 0.05) is 11.7 Å². The smallest absolute Gasteiger partial charge is 0.229 e. The van der Waals surface area contributed by atoms with E-state index in [2.05, 4.69) is 5.32 Å². The van der Waals surface area contributed by atoms with Gasteiger partial charge in [-0.3, -0.25) is 4.79 Å². The number of rotatable bonds is 2. The Bertz CT molecular complexity index is 408. The quantitative estimate of drug-likeness (QED) is 0.839. The summed E-state index contributed by atoms with van der Waals surface area (Å²) in [5.74, 6) is -0.111. The molecule has 15 heavy (non-hydrogen) atoms. The molecule has 0 saturated heterocycles. The Morgan fingerprint density at radius 1 is 1.40 bits per heavy atom. The van der Waals surface area contributed by atoms with Crippen molar-refractivity contribution in [3.63, 3.8) is 0 Å². The van der Waals surface area contributed by atoms with E-state index in [1.165, 1.54) is 0 Å². The number of hydrogen-bond acceptors (Lipinski definition) is 2. The lowest BCUT2D eigenvalue weighted by molar-refractivity contribution is -0.117. The van der Waals surface area contributed by atoms with Crippen molar-refractivity contribution in [1.29, 1.82) is 0 Å². The molecule has 2 atom stereocenters. The van der Waals surface area contributed by atoms with Crippen LogP contribution in [0.2, 0.25) is 10.0 Å². The average molecular weight is 245 g/mol. The highest BCUT2D eigenvalue weighted by molar-refractivity contribution is 6.42. The van der Waals surface area contributed by atoms with Crippen LogP contribution < -0.4 is 11.1 Å². The van der Waals surface area contributed by atoms with Gasteiger partial charge in [-0.2, -0.15) is 0 Å². The molecule has 0 bridgehead atoms. The molecule has 2 unspecified atom stereocenters. The van der Waals surface area contributed by atoms with E-state index in [1.54, 1.807) is 18.2 Å².